The normalized spacial score (nSPS) is 31.7. The first-order chi connectivity index (χ1) is 19.5. The van der Waals surface area contributed by atoms with Gasteiger partial charge in [0.1, 0.15) is 42.0 Å². The number of rotatable bonds is 7. The number of H-pyrrole nitrogens is 1. The van der Waals surface area contributed by atoms with E-state index in [0.29, 0.717) is 0 Å². The molecule has 4 aromatic heterocycles. The third-order valence-electron chi connectivity index (χ3n) is 6.82. The van der Waals surface area contributed by atoms with E-state index >= 15 is 8.78 Å². The lowest BCUT2D eigenvalue weighted by molar-refractivity contribution is -0.0435. The van der Waals surface area contributed by atoms with Crippen LogP contribution in [0.25, 0.3) is 22.3 Å². The summed E-state index contributed by atoms with van der Waals surface area (Å²) in [6, 6.07) is 0. The first-order valence-corrected chi connectivity index (χ1v) is 14.6. The molecule has 0 saturated carbocycles. The smallest absolute Gasteiger partial charge is 0.282 e. The zero-order valence-electron chi connectivity index (χ0n) is 20.5. The summed E-state index contributed by atoms with van der Waals surface area (Å²) in [4.78, 5) is 41.5. The number of fused-ring (bicyclic) bond motifs is 2. The van der Waals surface area contributed by atoms with Crippen LogP contribution in [-0.4, -0.2) is 109 Å². The number of anilines is 2. The molecule has 18 nitrogen and oxygen atoms in total. The van der Waals surface area contributed by atoms with E-state index in [1.807, 2.05) is 0 Å². The number of hydrogen-bond donors (Lipinski definition) is 6. The van der Waals surface area contributed by atoms with Crippen molar-refractivity contribution in [3.05, 3.63) is 23.0 Å². The predicted molar refractivity (Wildman–Crippen MR) is 137 cm³/mol. The molecular weight excluding hydrogens is 595 g/mol. The highest BCUT2D eigenvalue weighted by atomic mass is 32.5. The number of aromatic nitrogens is 9. The van der Waals surface area contributed by atoms with Gasteiger partial charge in [-0.15, -0.1) is 5.10 Å². The van der Waals surface area contributed by atoms with Gasteiger partial charge in [0.2, 0.25) is 5.95 Å². The molecule has 6 rings (SSSR count). The van der Waals surface area contributed by atoms with Crippen molar-refractivity contribution < 1.29 is 37.9 Å². The molecule has 2 aliphatic heterocycles. The predicted octanol–water partition coefficient (Wildman–Crippen LogP) is -1.97. The van der Waals surface area contributed by atoms with Gasteiger partial charge in [0, 0.05) is 0 Å². The lowest BCUT2D eigenvalue weighted by atomic mass is 10.1. The van der Waals surface area contributed by atoms with Gasteiger partial charge in [-0.1, -0.05) is 5.21 Å². The zero-order chi connectivity index (χ0) is 29.2. The van der Waals surface area contributed by atoms with E-state index in [4.69, 9.17) is 37.3 Å². The third kappa shape index (κ3) is 4.54. The molecule has 220 valence electrons. The Labute approximate surface area is 231 Å². The fourth-order valence-electron chi connectivity index (χ4n) is 4.82. The van der Waals surface area contributed by atoms with Gasteiger partial charge < -0.3 is 40.6 Å². The molecule has 8 N–H and O–H groups in total. The number of imidazole rings is 1. The van der Waals surface area contributed by atoms with Gasteiger partial charge in [-0.05, 0) is 11.8 Å². The monoisotopic (exact) mass is 617 g/mol. The van der Waals surface area contributed by atoms with Gasteiger partial charge in [-0.3, -0.25) is 14.3 Å². The minimum Gasteiger partial charge on any atom is -0.394 e. The van der Waals surface area contributed by atoms with Gasteiger partial charge in [0.15, 0.2) is 47.7 Å². The van der Waals surface area contributed by atoms with Crippen molar-refractivity contribution >= 4 is 52.4 Å². The van der Waals surface area contributed by atoms with E-state index in [1.54, 1.807) is 0 Å². The van der Waals surface area contributed by atoms with Gasteiger partial charge in [-0.25, -0.2) is 23.7 Å². The van der Waals surface area contributed by atoms with E-state index in [1.165, 1.54) is 10.9 Å². The van der Waals surface area contributed by atoms with E-state index in [2.05, 4.69) is 35.2 Å². The summed E-state index contributed by atoms with van der Waals surface area (Å²) in [5.74, 6) is -0.236. The van der Waals surface area contributed by atoms with Crippen LogP contribution in [0.5, 0.6) is 0 Å². The van der Waals surface area contributed by atoms with Crippen molar-refractivity contribution in [2.24, 2.45) is 0 Å². The summed E-state index contributed by atoms with van der Waals surface area (Å²) in [5.41, 5.74) is 8.90. The quantitative estimate of drug-likeness (QED) is 0.123. The van der Waals surface area contributed by atoms with Gasteiger partial charge in [-0.2, -0.15) is 9.67 Å². The Hall–Kier alpha value is -3.30. The van der Waals surface area contributed by atoms with Crippen LogP contribution in [-0.2, 0) is 25.8 Å². The fourth-order valence-corrected chi connectivity index (χ4v) is 7.26. The molecule has 2 saturated heterocycles. The van der Waals surface area contributed by atoms with Crippen LogP contribution < -0.4 is 17.0 Å². The molecule has 2 aliphatic rings. The first kappa shape index (κ1) is 27.8. The summed E-state index contributed by atoms with van der Waals surface area (Å²) in [6.07, 6.45) is -9.18. The molecule has 2 fully saturated rings. The van der Waals surface area contributed by atoms with Gasteiger partial charge in [0.05, 0.1) is 19.5 Å². The number of nitrogens with one attached hydrogen (secondary N) is 1. The summed E-state index contributed by atoms with van der Waals surface area (Å²) >= 11 is 5.29. The van der Waals surface area contributed by atoms with Crippen molar-refractivity contribution in [2.45, 2.75) is 48.8 Å². The standard InChI is InChI=1S/C19H22F2N11O7PS/c20-7-5(1-33)38-18(32-15-10(29-30-32)16(35)28-19(23)27-15)12(7)40(36,41)37-2-6-11(34)8(21)17(39-6)31-4-26-9-13(22)24-3-25-14(9)31/h3-8,11-12,17-18,33-34H,1-2H2,(H,36,41)(H2,22,24,25)(H3,23,27,28,35)/t5?,6?,7-,8+,11-,12-,17-,18-,40?/m1/s1. The topological polar surface area (TPSA) is 260 Å². The van der Waals surface area contributed by atoms with Crippen molar-refractivity contribution in [2.75, 3.05) is 24.7 Å². The van der Waals surface area contributed by atoms with Crippen molar-refractivity contribution in [1.82, 2.24) is 44.5 Å². The fraction of sp³-hybridized carbons (Fsp3) is 0.526. The van der Waals surface area contributed by atoms with Gasteiger partial charge in [0.25, 0.3) is 5.56 Å². The molecule has 0 spiro atoms. The molecule has 0 amide bonds. The number of nitrogens with two attached hydrogens (primary N) is 2. The lowest BCUT2D eigenvalue weighted by Crippen LogP contribution is -2.34. The van der Waals surface area contributed by atoms with Gasteiger partial charge >= 0.3 is 0 Å². The zero-order valence-corrected chi connectivity index (χ0v) is 22.2. The number of nitrogens with zero attached hydrogens (tertiary/aromatic N) is 8. The molecule has 0 aliphatic carbocycles. The Bertz CT molecular complexity index is 1720. The molecule has 9 atom stereocenters. The molecule has 4 aromatic rings. The first-order valence-electron chi connectivity index (χ1n) is 11.9. The summed E-state index contributed by atoms with van der Waals surface area (Å²) in [7, 11) is 0. The number of alkyl halides is 2. The lowest BCUT2D eigenvalue weighted by Gasteiger charge is -2.28. The van der Waals surface area contributed by atoms with E-state index in [0.717, 1.165) is 11.0 Å². The number of aliphatic hydroxyl groups excluding tert-OH is 2. The molecule has 0 aromatic carbocycles. The highest BCUT2D eigenvalue weighted by Gasteiger charge is 2.55. The van der Waals surface area contributed by atoms with Crippen LogP contribution in [0.3, 0.4) is 0 Å². The number of ether oxygens (including phenoxy) is 2. The van der Waals surface area contributed by atoms with Crippen LogP contribution in [0.1, 0.15) is 12.5 Å². The number of nitrogen functional groups attached to an aromatic ring is 2. The average Bonchev–Trinajstić information content (AvgIpc) is 3.68. The van der Waals surface area contributed by atoms with Crippen LogP contribution in [0, 0.1) is 0 Å². The minimum absolute atomic E-state index is 0.0570. The van der Waals surface area contributed by atoms with Crippen LogP contribution in [0.2, 0.25) is 0 Å². The van der Waals surface area contributed by atoms with E-state index in [9.17, 15) is 19.9 Å². The Morgan fingerprint density at radius 2 is 1.88 bits per heavy atom. The molecular formula is C19H22F2N11O7PS. The molecule has 41 heavy (non-hydrogen) atoms. The Kier molecular flexibility index (Phi) is 6.93. The number of halogens is 2. The second kappa shape index (κ2) is 10.2. The maximum Gasteiger partial charge on any atom is 0.282 e. The van der Waals surface area contributed by atoms with Crippen LogP contribution in [0.4, 0.5) is 20.5 Å². The largest absolute Gasteiger partial charge is 0.394 e. The van der Waals surface area contributed by atoms with E-state index < -0.39 is 74.0 Å². The highest BCUT2D eigenvalue weighted by molar-refractivity contribution is 8.09. The molecule has 22 heteroatoms. The minimum atomic E-state index is -4.25. The molecule has 0 radical (unpaired) electrons. The highest BCUT2D eigenvalue weighted by Crippen LogP contribution is 2.58. The Morgan fingerprint density at radius 3 is 2.63 bits per heavy atom. The second-order valence-corrected chi connectivity index (χ2v) is 12.8. The maximum atomic E-state index is 15.5. The van der Waals surface area contributed by atoms with Crippen molar-refractivity contribution in [1.29, 1.82) is 0 Å². The van der Waals surface area contributed by atoms with Crippen molar-refractivity contribution in [3.63, 3.8) is 0 Å². The molecule has 0 bridgehead atoms. The Morgan fingerprint density at radius 1 is 1.12 bits per heavy atom. The average molecular weight is 617 g/mol. The Balaban J connectivity index is 1.25. The van der Waals surface area contributed by atoms with Crippen molar-refractivity contribution in [3.8, 4) is 0 Å². The maximum absolute atomic E-state index is 15.5. The SMILES string of the molecule is Nc1nc2c(nnn2[C@@H]2OC(CO)[C@@H](F)[C@H]2P(O)(=S)OCC2O[C@@H](n3cnc4c(N)ncnc43)[C@@H](F)[C@@H]2O)c(=O)[nH]1. The van der Waals surface area contributed by atoms with Crippen LogP contribution in [0.15, 0.2) is 17.4 Å². The number of hydrogen-bond acceptors (Lipinski definition) is 15. The molecule has 3 unspecified atom stereocenters. The summed E-state index contributed by atoms with van der Waals surface area (Å²) in [5, 5.41) is 27.7. The summed E-state index contributed by atoms with van der Waals surface area (Å²) < 4.78 is 49.5. The van der Waals surface area contributed by atoms with Crippen LogP contribution >= 0.6 is 6.49 Å². The second-order valence-electron chi connectivity index (χ2n) is 9.28. The third-order valence-corrected chi connectivity index (χ3v) is 9.68. The molecule has 6 heterocycles. The number of aromatic amines is 1. The number of aliphatic hydroxyl groups is 2. The van der Waals surface area contributed by atoms with E-state index in [-0.39, 0.29) is 34.1 Å². The summed E-state index contributed by atoms with van der Waals surface area (Å²) in [6.45, 7) is -5.70.